The average Bonchev–Trinajstić information content (AvgIpc) is 1.95. The van der Waals surface area contributed by atoms with E-state index in [9.17, 15) is 4.79 Å². The van der Waals surface area contributed by atoms with E-state index in [2.05, 4.69) is 5.32 Å². The normalized spacial score (nSPS) is 26.5. The quantitative estimate of drug-likeness (QED) is 0.465. The smallest absolute Gasteiger partial charge is 0.222 e. The Morgan fingerprint density at radius 1 is 1.73 bits per heavy atom. The van der Waals surface area contributed by atoms with Gasteiger partial charge in [-0.2, -0.15) is 0 Å². The number of hydrogen-bond acceptors (Lipinski definition) is 2. The summed E-state index contributed by atoms with van der Waals surface area (Å²) >= 11 is 0. The molecule has 1 atom stereocenters. The van der Waals surface area contributed by atoms with Crippen LogP contribution in [0.3, 0.4) is 0 Å². The van der Waals surface area contributed by atoms with Crippen LogP contribution >= 0.6 is 0 Å². The number of aliphatic hydroxyl groups is 1. The molecule has 0 bridgehead atoms. The minimum absolute atomic E-state index is 0.145. The van der Waals surface area contributed by atoms with Crippen LogP contribution in [0, 0.1) is 0 Å². The largest absolute Gasteiger partial charge is 0.371 e. The van der Waals surface area contributed by atoms with Gasteiger partial charge in [-0.1, -0.05) is 11.5 Å². The summed E-state index contributed by atoms with van der Waals surface area (Å²) in [6.07, 6.45) is 2.75. The predicted octanol–water partition coefficient (Wildman–Crippen LogP) is -0.343. The highest BCUT2D eigenvalue weighted by Crippen LogP contribution is 2.05. The van der Waals surface area contributed by atoms with E-state index in [1.54, 1.807) is 6.08 Å². The van der Waals surface area contributed by atoms with E-state index in [4.69, 9.17) is 13.0 Å². The first-order valence-electron chi connectivity index (χ1n) is 3.63. The van der Waals surface area contributed by atoms with Gasteiger partial charge in [-0.05, 0) is 12.8 Å². The zero-order chi connectivity index (χ0) is 8.27. The molecule has 1 aliphatic rings. The van der Waals surface area contributed by atoms with Crippen LogP contribution in [0.5, 0.6) is 0 Å². The highest BCUT2D eigenvalue weighted by molar-refractivity contribution is 6.22. The van der Waals surface area contributed by atoms with Gasteiger partial charge in [0.1, 0.15) is 14.1 Å². The Balaban J connectivity index is 2.62. The van der Waals surface area contributed by atoms with Crippen molar-refractivity contribution in [1.29, 1.82) is 0 Å². The van der Waals surface area contributed by atoms with E-state index in [-0.39, 0.29) is 5.91 Å². The van der Waals surface area contributed by atoms with Gasteiger partial charge in [0, 0.05) is 6.42 Å². The summed E-state index contributed by atoms with van der Waals surface area (Å²) in [6.45, 7) is 0. The number of nitrogens with one attached hydrogen (secondary N) is 1. The first kappa shape index (κ1) is 8.33. The van der Waals surface area contributed by atoms with Gasteiger partial charge in [0.2, 0.25) is 5.91 Å². The summed E-state index contributed by atoms with van der Waals surface area (Å²) < 4.78 is 0. The summed E-state index contributed by atoms with van der Waals surface area (Å²) in [5.74, 6) is -0.145. The molecule has 58 valence electrons. The van der Waals surface area contributed by atoms with E-state index in [0.29, 0.717) is 11.9 Å². The molecule has 0 aliphatic carbocycles. The van der Waals surface area contributed by atoms with Crippen LogP contribution in [-0.2, 0) is 4.79 Å². The molecule has 1 rings (SSSR count). The SMILES string of the molecule is [B]C1=CCCCC(=O)NC1O. The highest BCUT2D eigenvalue weighted by Gasteiger charge is 2.11. The van der Waals surface area contributed by atoms with Crippen molar-refractivity contribution >= 4 is 13.8 Å². The molecular weight excluding hydrogens is 141 g/mol. The zero-order valence-corrected chi connectivity index (χ0v) is 6.21. The van der Waals surface area contributed by atoms with Crippen LogP contribution in [0.15, 0.2) is 11.5 Å². The van der Waals surface area contributed by atoms with Crippen LogP contribution in [0.25, 0.3) is 0 Å². The number of allylic oxidation sites excluding steroid dienone is 1. The van der Waals surface area contributed by atoms with Gasteiger partial charge in [-0.3, -0.25) is 4.79 Å². The van der Waals surface area contributed by atoms with Gasteiger partial charge in [0.25, 0.3) is 0 Å². The number of rotatable bonds is 0. The van der Waals surface area contributed by atoms with Gasteiger partial charge in [-0.15, -0.1) is 0 Å². The lowest BCUT2D eigenvalue weighted by Crippen LogP contribution is -2.36. The third-order valence-corrected chi connectivity index (χ3v) is 1.60. The lowest BCUT2D eigenvalue weighted by atomic mass is 9.91. The average molecular weight is 151 g/mol. The second-order valence-electron chi connectivity index (χ2n) is 2.57. The molecule has 0 fully saturated rings. The fourth-order valence-corrected chi connectivity index (χ4v) is 0.951. The van der Waals surface area contributed by atoms with Crippen LogP contribution in [-0.4, -0.2) is 25.1 Å². The maximum Gasteiger partial charge on any atom is 0.222 e. The van der Waals surface area contributed by atoms with Crippen molar-refractivity contribution in [2.75, 3.05) is 0 Å². The molecule has 0 aromatic rings. The van der Waals surface area contributed by atoms with E-state index < -0.39 is 6.23 Å². The number of carbonyl (C=O) groups is 1. The molecule has 1 unspecified atom stereocenters. The summed E-state index contributed by atoms with van der Waals surface area (Å²) in [6, 6.07) is 0. The monoisotopic (exact) mass is 151 g/mol. The number of carbonyl (C=O) groups excluding carboxylic acids is 1. The Hall–Kier alpha value is -0.765. The number of amides is 1. The minimum atomic E-state index is -0.997. The zero-order valence-electron chi connectivity index (χ0n) is 6.21. The molecule has 0 saturated heterocycles. The third kappa shape index (κ3) is 2.39. The number of aliphatic hydroxyl groups excluding tert-OH is 1. The molecule has 1 amide bonds. The molecule has 1 heterocycles. The fraction of sp³-hybridized carbons (Fsp3) is 0.571. The molecule has 0 aromatic heterocycles. The molecule has 0 aromatic carbocycles. The maximum atomic E-state index is 10.8. The van der Waals surface area contributed by atoms with Crippen molar-refractivity contribution in [3.05, 3.63) is 11.5 Å². The van der Waals surface area contributed by atoms with Crippen LogP contribution in [0.2, 0.25) is 0 Å². The molecule has 0 spiro atoms. The summed E-state index contributed by atoms with van der Waals surface area (Å²) in [7, 11) is 5.41. The molecule has 3 nitrogen and oxygen atoms in total. The van der Waals surface area contributed by atoms with Crippen molar-refractivity contribution in [3.63, 3.8) is 0 Å². The van der Waals surface area contributed by atoms with Gasteiger partial charge in [0.05, 0.1) is 0 Å². The Labute approximate surface area is 66.9 Å². The summed E-state index contributed by atoms with van der Waals surface area (Å²) in [4.78, 5) is 10.8. The molecule has 1 aliphatic heterocycles. The maximum absolute atomic E-state index is 10.8. The molecule has 0 saturated carbocycles. The number of hydrogen-bond donors (Lipinski definition) is 2. The minimum Gasteiger partial charge on any atom is -0.371 e. The molecule has 2 N–H and O–H groups in total. The van der Waals surface area contributed by atoms with E-state index in [0.717, 1.165) is 12.8 Å². The van der Waals surface area contributed by atoms with Crippen molar-refractivity contribution in [1.82, 2.24) is 5.32 Å². The molecule has 11 heavy (non-hydrogen) atoms. The molecule has 4 heteroatoms. The van der Waals surface area contributed by atoms with Gasteiger partial charge >= 0.3 is 0 Å². The second kappa shape index (κ2) is 3.58. The van der Waals surface area contributed by atoms with E-state index in [1.165, 1.54) is 0 Å². The standard InChI is InChI=1S/C7H10BNO2/c8-5-3-1-2-4-6(10)9-7(5)11/h3,7,11H,1-2,4H2,(H,9,10). The van der Waals surface area contributed by atoms with Crippen LogP contribution in [0.4, 0.5) is 0 Å². The van der Waals surface area contributed by atoms with Crippen LogP contribution in [0.1, 0.15) is 19.3 Å². The van der Waals surface area contributed by atoms with Crippen molar-refractivity contribution < 1.29 is 9.90 Å². The summed E-state index contributed by atoms with van der Waals surface area (Å²) in [5.41, 5.74) is 0.332. The van der Waals surface area contributed by atoms with E-state index >= 15 is 0 Å². The molecular formula is C7H10BNO2. The van der Waals surface area contributed by atoms with Gasteiger partial charge in [-0.25, -0.2) is 0 Å². The van der Waals surface area contributed by atoms with Crippen molar-refractivity contribution in [2.45, 2.75) is 25.5 Å². The Kier molecular flexibility index (Phi) is 2.71. The highest BCUT2D eigenvalue weighted by atomic mass is 16.3. The fourth-order valence-electron chi connectivity index (χ4n) is 0.951. The van der Waals surface area contributed by atoms with Crippen molar-refractivity contribution in [3.8, 4) is 0 Å². The van der Waals surface area contributed by atoms with Crippen LogP contribution < -0.4 is 5.32 Å². The first-order valence-corrected chi connectivity index (χ1v) is 3.63. The molecule has 2 radical (unpaired) electrons. The predicted molar refractivity (Wildman–Crippen MR) is 41.8 cm³/mol. The Morgan fingerprint density at radius 3 is 3.18 bits per heavy atom. The third-order valence-electron chi connectivity index (χ3n) is 1.60. The lowest BCUT2D eigenvalue weighted by Gasteiger charge is -2.16. The van der Waals surface area contributed by atoms with Crippen molar-refractivity contribution in [2.24, 2.45) is 0 Å². The van der Waals surface area contributed by atoms with Gasteiger partial charge < -0.3 is 10.4 Å². The topological polar surface area (TPSA) is 49.3 Å². The van der Waals surface area contributed by atoms with E-state index in [1.807, 2.05) is 0 Å². The lowest BCUT2D eigenvalue weighted by molar-refractivity contribution is -0.123. The first-order chi connectivity index (χ1) is 5.20. The van der Waals surface area contributed by atoms with Gasteiger partial charge in [0.15, 0.2) is 0 Å². The summed E-state index contributed by atoms with van der Waals surface area (Å²) in [5, 5.41) is 11.5. The Bertz CT molecular complexity index is 191. The Morgan fingerprint density at radius 2 is 2.45 bits per heavy atom. The second-order valence-corrected chi connectivity index (χ2v) is 2.57.